The van der Waals surface area contributed by atoms with E-state index >= 15 is 0 Å². The van der Waals surface area contributed by atoms with Gasteiger partial charge in [0.25, 0.3) is 0 Å². The lowest BCUT2D eigenvalue weighted by atomic mass is 9.98. The summed E-state index contributed by atoms with van der Waals surface area (Å²) in [5.74, 6) is 0.540. The van der Waals surface area contributed by atoms with Crippen LogP contribution in [-0.2, 0) is 6.42 Å². The summed E-state index contributed by atoms with van der Waals surface area (Å²) in [6, 6.07) is 14.7. The molecule has 94 valence electrons. The molecule has 2 aromatic rings. The zero-order valence-electron chi connectivity index (χ0n) is 10.6. The number of rotatable bonds is 5. The summed E-state index contributed by atoms with van der Waals surface area (Å²) in [6.45, 7) is 2.25. The molecule has 0 radical (unpaired) electrons. The molecule has 0 aliphatic heterocycles. The average Bonchev–Trinajstić information content (AvgIpc) is 2.40. The van der Waals surface area contributed by atoms with Gasteiger partial charge in [0.1, 0.15) is 0 Å². The summed E-state index contributed by atoms with van der Waals surface area (Å²) in [4.78, 5) is 4.41. The van der Waals surface area contributed by atoms with Crippen LogP contribution in [0.3, 0.4) is 0 Å². The van der Waals surface area contributed by atoms with Crippen molar-refractivity contribution in [2.45, 2.75) is 32.1 Å². The summed E-state index contributed by atoms with van der Waals surface area (Å²) in [5.41, 5.74) is 2.60. The minimum atomic E-state index is 0.540. The van der Waals surface area contributed by atoms with Crippen molar-refractivity contribution in [2.75, 3.05) is 0 Å². The van der Waals surface area contributed by atoms with Gasteiger partial charge in [-0.25, -0.2) is 0 Å². The van der Waals surface area contributed by atoms with Crippen molar-refractivity contribution in [3.63, 3.8) is 0 Å². The van der Waals surface area contributed by atoms with E-state index in [1.165, 1.54) is 24.1 Å². The van der Waals surface area contributed by atoms with Crippen molar-refractivity contribution < 1.29 is 0 Å². The molecule has 0 fully saturated rings. The zero-order chi connectivity index (χ0) is 12.8. The van der Waals surface area contributed by atoms with E-state index in [1.807, 2.05) is 12.3 Å². The van der Waals surface area contributed by atoms with E-state index in [0.717, 1.165) is 10.9 Å². The van der Waals surface area contributed by atoms with Gasteiger partial charge in [-0.3, -0.25) is 4.98 Å². The van der Waals surface area contributed by atoms with Crippen molar-refractivity contribution in [3.05, 3.63) is 64.4 Å². The fourth-order valence-corrected chi connectivity index (χ4v) is 2.57. The van der Waals surface area contributed by atoms with Gasteiger partial charge in [-0.2, -0.15) is 0 Å². The van der Waals surface area contributed by atoms with Crippen LogP contribution in [0.15, 0.2) is 53.1 Å². The third-order valence-electron chi connectivity index (χ3n) is 3.18. The van der Waals surface area contributed by atoms with Crippen LogP contribution in [0.25, 0.3) is 0 Å². The van der Waals surface area contributed by atoms with Crippen LogP contribution in [0.4, 0.5) is 0 Å². The average molecular weight is 304 g/mol. The van der Waals surface area contributed by atoms with Gasteiger partial charge < -0.3 is 0 Å². The van der Waals surface area contributed by atoms with E-state index in [9.17, 15) is 0 Å². The second-order valence-corrected chi connectivity index (χ2v) is 5.59. The van der Waals surface area contributed by atoms with Gasteiger partial charge in [-0.1, -0.05) is 41.1 Å². The number of pyridine rings is 1. The fourth-order valence-electron chi connectivity index (χ4n) is 2.12. The van der Waals surface area contributed by atoms with Gasteiger partial charge in [-0.15, -0.1) is 0 Å². The van der Waals surface area contributed by atoms with Crippen LogP contribution >= 0.6 is 15.9 Å². The standard InChI is InChI=1S/C16H18BrN/c1-13(16-10-2-3-11-18-16)6-4-7-14-8-5-9-15(17)12-14/h2-3,5,8-13H,4,6-7H2,1H3. The summed E-state index contributed by atoms with van der Waals surface area (Å²) in [5, 5.41) is 0. The van der Waals surface area contributed by atoms with Gasteiger partial charge in [0.2, 0.25) is 0 Å². The molecule has 0 saturated heterocycles. The molecular weight excluding hydrogens is 286 g/mol. The Morgan fingerprint density at radius 1 is 1.17 bits per heavy atom. The van der Waals surface area contributed by atoms with E-state index in [2.05, 4.69) is 64.2 Å². The molecule has 1 nitrogen and oxygen atoms in total. The van der Waals surface area contributed by atoms with E-state index in [0.29, 0.717) is 5.92 Å². The molecule has 0 aliphatic rings. The number of halogens is 1. The largest absolute Gasteiger partial charge is 0.261 e. The van der Waals surface area contributed by atoms with Crippen LogP contribution < -0.4 is 0 Å². The number of aryl methyl sites for hydroxylation is 1. The first-order valence-electron chi connectivity index (χ1n) is 6.41. The zero-order valence-corrected chi connectivity index (χ0v) is 12.2. The second-order valence-electron chi connectivity index (χ2n) is 4.68. The van der Waals surface area contributed by atoms with Crippen LogP contribution in [0, 0.1) is 0 Å². The highest BCUT2D eigenvalue weighted by atomic mass is 79.9. The maximum absolute atomic E-state index is 4.41. The smallest absolute Gasteiger partial charge is 0.0431 e. The van der Waals surface area contributed by atoms with Gasteiger partial charge in [-0.05, 0) is 55.0 Å². The molecule has 2 heteroatoms. The molecule has 1 aromatic carbocycles. The maximum atomic E-state index is 4.41. The Bertz CT molecular complexity index is 481. The Morgan fingerprint density at radius 3 is 2.78 bits per heavy atom. The lowest BCUT2D eigenvalue weighted by molar-refractivity contribution is 0.619. The van der Waals surface area contributed by atoms with Gasteiger partial charge in [0.15, 0.2) is 0 Å². The van der Waals surface area contributed by atoms with Crippen molar-refractivity contribution in [1.29, 1.82) is 0 Å². The number of aromatic nitrogens is 1. The molecule has 1 atom stereocenters. The van der Waals surface area contributed by atoms with Gasteiger partial charge in [0.05, 0.1) is 0 Å². The molecule has 0 bridgehead atoms. The Morgan fingerprint density at radius 2 is 2.06 bits per heavy atom. The SMILES string of the molecule is CC(CCCc1cccc(Br)c1)c1ccccn1. The highest BCUT2D eigenvalue weighted by Gasteiger charge is 2.06. The molecule has 1 aromatic heterocycles. The lowest BCUT2D eigenvalue weighted by Gasteiger charge is -2.10. The Labute approximate surface area is 117 Å². The van der Waals surface area contributed by atoms with Crippen molar-refractivity contribution >= 4 is 15.9 Å². The minimum absolute atomic E-state index is 0.540. The van der Waals surface area contributed by atoms with Crippen LogP contribution in [0.1, 0.15) is 36.9 Å². The van der Waals surface area contributed by atoms with Crippen LogP contribution in [0.5, 0.6) is 0 Å². The summed E-state index contributed by atoms with van der Waals surface area (Å²) >= 11 is 3.51. The van der Waals surface area contributed by atoms with E-state index in [1.54, 1.807) is 0 Å². The molecule has 0 amide bonds. The fraction of sp³-hybridized carbons (Fsp3) is 0.312. The Hall–Kier alpha value is -1.15. The Balaban J connectivity index is 1.82. The van der Waals surface area contributed by atoms with E-state index < -0.39 is 0 Å². The summed E-state index contributed by atoms with van der Waals surface area (Å²) < 4.78 is 1.16. The molecule has 1 unspecified atom stereocenters. The minimum Gasteiger partial charge on any atom is -0.261 e. The maximum Gasteiger partial charge on any atom is 0.0431 e. The van der Waals surface area contributed by atoms with Crippen molar-refractivity contribution in [3.8, 4) is 0 Å². The topological polar surface area (TPSA) is 12.9 Å². The first-order valence-corrected chi connectivity index (χ1v) is 7.20. The molecule has 18 heavy (non-hydrogen) atoms. The highest BCUT2D eigenvalue weighted by molar-refractivity contribution is 9.10. The van der Waals surface area contributed by atoms with Crippen LogP contribution in [-0.4, -0.2) is 4.98 Å². The molecule has 0 spiro atoms. The van der Waals surface area contributed by atoms with E-state index in [4.69, 9.17) is 0 Å². The molecule has 2 rings (SSSR count). The molecule has 0 aliphatic carbocycles. The van der Waals surface area contributed by atoms with E-state index in [-0.39, 0.29) is 0 Å². The van der Waals surface area contributed by atoms with Gasteiger partial charge in [0, 0.05) is 16.4 Å². The summed E-state index contributed by atoms with van der Waals surface area (Å²) in [7, 11) is 0. The molecule has 1 heterocycles. The van der Waals surface area contributed by atoms with Crippen LogP contribution in [0.2, 0.25) is 0 Å². The second kappa shape index (κ2) is 6.69. The highest BCUT2D eigenvalue weighted by Crippen LogP contribution is 2.20. The Kier molecular flexibility index (Phi) is 4.94. The molecular formula is C16H18BrN. The monoisotopic (exact) mass is 303 g/mol. The number of nitrogens with zero attached hydrogens (tertiary/aromatic N) is 1. The summed E-state index contributed by atoms with van der Waals surface area (Å²) in [6.07, 6.45) is 5.40. The quantitative estimate of drug-likeness (QED) is 0.760. The normalized spacial score (nSPS) is 12.3. The lowest BCUT2D eigenvalue weighted by Crippen LogP contribution is -1.97. The predicted octanol–water partition coefficient (Wildman–Crippen LogP) is 4.97. The number of hydrogen-bond donors (Lipinski definition) is 0. The first-order chi connectivity index (χ1) is 8.75. The van der Waals surface area contributed by atoms with Gasteiger partial charge >= 0.3 is 0 Å². The van der Waals surface area contributed by atoms with Crippen molar-refractivity contribution in [2.24, 2.45) is 0 Å². The predicted molar refractivity (Wildman–Crippen MR) is 79.7 cm³/mol. The first kappa shape index (κ1) is 13.3. The van der Waals surface area contributed by atoms with Crippen molar-refractivity contribution in [1.82, 2.24) is 4.98 Å². The third kappa shape index (κ3) is 3.95. The molecule has 0 N–H and O–H groups in total. The molecule has 0 saturated carbocycles. The number of hydrogen-bond acceptors (Lipinski definition) is 1. The number of benzene rings is 1. The third-order valence-corrected chi connectivity index (χ3v) is 3.68.